The molecule has 2 aliphatic rings. The lowest BCUT2D eigenvalue weighted by Crippen LogP contribution is -2.51. The van der Waals surface area contributed by atoms with Crippen LogP contribution in [0.2, 0.25) is 0 Å². The smallest absolute Gasteiger partial charge is 0.227 e. The summed E-state index contributed by atoms with van der Waals surface area (Å²) in [6.07, 6.45) is 3.26. The van der Waals surface area contributed by atoms with Gasteiger partial charge in [-0.2, -0.15) is 0 Å². The third kappa shape index (κ3) is 5.05. The minimum atomic E-state index is 0.160. The summed E-state index contributed by atoms with van der Waals surface area (Å²) >= 11 is 0. The van der Waals surface area contributed by atoms with Crippen LogP contribution in [0.1, 0.15) is 30.4 Å². The van der Waals surface area contributed by atoms with Gasteiger partial charge in [-0.25, -0.2) is 0 Å². The van der Waals surface area contributed by atoms with E-state index in [0.717, 1.165) is 25.1 Å². The molecular weight excluding hydrogens is 314 g/mol. The fraction of sp³-hybridized carbons (Fsp3) is 0.600. The Labute approximate surface area is 150 Å². The first-order valence-electron chi connectivity index (χ1n) is 9.43. The molecule has 1 aromatic rings. The molecule has 136 valence electrons. The van der Waals surface area contributed by atoms with E-state index in [-0.39, 0.29) is 11.8 Å². The lowest BCUT2D eigenvalue weighted by Gasteiger charge is -2.35. The maximum Gasteiger partial charge on any atom is 0.227 e. The van der Waals surface area contributed by atoms with Crippen LogP contribution in [0, 0.1) is 12.8 Å². The van der Waals surface area contributed by atoms with Gasteiger partial charge in [0.2, 0.25) is 11.8 Å². The molecular formula is C20H29N3O2. The van der Waals surface area contributed by atoms with Crippen molar-refractivity contribution in [2.24, 2.45) is 5.92 Å². The highest BCUT2D eigenvalue weighted by molar-refractivity contribution is 5.80. The average Bonchev–Trinajstić information content (AvgIpc) is 3.15. The predicted molar refractivity (Wildman–Crippen MR) is 98.3 cm³/mol. The largest absolute Gasteiger partial charge is 0.339 e. The van der Waals surface area contributed by atoms with E-state index in [9.17, 15) is 9.59 Å². The van der Waals surface area contributed by atoms with E-state index in [0.29, 0.717) is 44.9 Å². The van der Waals surface area contributed by atoms with Gasteiger partial charge in [-0.1, -0.05) is 29.8 Å². The summed E-state index contributed by atoms with van der Waals surface area (Å²) in [5.74, 6) is 1.06. The summed E-state index contributed by atoms with van der Waals surface area (Å²) < 4.78 is 0. The number of rotatable bonds is 5. The molecule has 5 nitrogen and oxygen atoms in total. The minimum Gasteiger partial charge on any atom is -0.339 e. The Morgan fingerprint density at radius 1 is 1.04 bits per heavy atom. The molecule has 1 aromatic carbocycles. The van der Waals surface area contributed by atoms with Crippen molar-refractivity contribution >= 4 is 11.8 Å². The first-order valence-corrected chi connectivity index (χ1v) is 9.43. The molecule has 0 saturated carbocycles. The van der Waals surface area contributed by atoms with E-state index in [2.05, 4.69) is 5.32 Å². The Hall–Kier alpha value is -1.88. The maximum atomic E-state index is 12.4. The van der Waals surface area contributed by atoms with Crippen molar-refractivity contribution < 1.29 is 9.59 Å². The van der Waals surface area contributed by atoms with E-state index < -0.39 is 0 Å². The van der Waals surface area contributed by atoms with E-state index in [1.807, 2.05) is 41.0 Å². The third-order valence-electron chi connectivity index (χ3n) is 5.39. The minimum absolute atomic E-state index is 0.160. The van der Waals surface area contributed by atoms with Gasteiger partial charge in [0.05, 0.1) is 6.42 Å². The standard InChI is InChI=1S/C20H29N3O2/c1-16-2-4-17(5-3-16)14-20(25)23-12-10-22(11-13-23)19(24)7-6-18-8-9-21-15-18/h2-5,18,21H,6-15H2,1H3. The van der Waals surface area contributed by atoms with Gasteiger partial charge in [0.25, 0.3) is 0 Å². The zero-order chi connectivity index (χ0) is 17.6. The second-order valence-corrected chi connectivity index (χ2v) is 7.32. The maximum absolute atomic E-state index is 12.4. The van der Waals surface area contributed by atoms with Gasteiger partial charge < -0.3 is 15.1 Å². The monoisotopic (exact) mass is 343 g/mol. The summed E-state index contributed by atoms with van der Waals surface area (Å²) in [5.41, 5.74) is 2.26. The number of aryl methyl sites for hydroxylation is 1. The molecule has 0 aromatic heterocycles. The Kier molecular flexibility index (Phi) is 6.08. The highest BCUT2D eigenvalue weighted by Crippen LogP contribution is 2.16. The Bertz CT molecular complexity index is 585. The number of hydrogen-bond acceptors (Lipinski definition) is 3. The lowest BCUT2D eigenvalue weighted by atomic mass is 10.0. The number of carbonyl (C=O) groups is 2. The lowest BCUT2D eigenvalue weighted by molar-refractivity contribution is -0.139. The number of piperazine rings is 1. The molecule has 2 aliphatic heterocycles. The molecule has 2 fully saturated rings. The fourth-order valence-electron chi connectivity index (χ4n) is 3.64. The summed E-state index contributed by atoms with van der Waals surface area (Å²) in [7, 11) is 0. The molecule has 1 N–H and O–H groups in total. The van der Waals surface area contributed by atoms with Gasteiger partial charge in [-0.05, 0) is 44.3 Å². The summed E-state index contributed by atoms with van der Waals surface area (Å²) in [4.78, 5) is 28.6. The predicted octanol–water partition coefficient (Wildman–Crippen LogP) is 1.60. The van der Waals surface area contributed by atoms with Crippen molar-refractivity contribution in [3.63, 3.8) is 0 Å². The molecule has 1 atom stereocenters. The van der Waals surface area contributed by atoms with Crippen LogP contribution in [0.5, 0.6) is 0 Å². The van der Waals surface area contributed by atoms with E-state index in [1.165, 1.54) is 12.0 Å². The molecule has 0 radical (unpaired) electrons. The zero-order valence-electron chi connectivity index (χ0n) is 15.2. The highest BCUT2D eigenvalue weighted by atomic mass is 16.2. The zero-order valence-corrected chi connectivity index (χ0v) is 15.2. The highest BCUT2D eigenvalue weighted by Gasteiger charge is 2.25. The molecule has 0 bridgehead atoms. The van der Waals surface area contributed by atoms with Gasteiger partial charge in [0.1, 0.15) is 0 Å². The second kappa shape index (κ2) is 8.48. The first-order chi connectivity index (χ1) is 12.1. The molecule has 0 aliphatic carbocycles. The Morgan fingerprint density at radius 3 is 2.28 bits per heavy atom. The average molecular weight is 343 g/mol. The number of amides is 2. The van der Waals surface area contributed by atoms with Gasteiger partial charge in [0, 0.05) is 32.6 Å². The number of benzene rings is 1. The van der Waals surface area contributed by atoms with Crippen LogP contribution in [0.4, 0.5) is 0 Å². The van der Waals surface area contributed by atoms with Crippen LogP contribution in [0.15, 0.2) is 24.3 Å². The first kappa shape index (κ1) is 17.9. The summed E-state index contributed by atoms with van der Waals surface area (Å²) in [5, 5.41) is 3.35. The van der Waals surface area contributed by atoms with Crippen molar-refractivity contribution in [2.75, 3.05) is 39.3 Å². The van der Waals surface area contributed by atoms with E-state index in [4.69, 9.17) is 0 Å². The molecule has 0 spiro atoms. The van der Waals surface area contributed by atoms with Crippen molar-refractivity contribution in [2.45, 2.75) is 32.6 Å². The Morgan fingerprint density at radius 2 is 1.68 bits per heavy atom. The van der Waals surface area contributed by atoms with Crippen LogP contribution in [0.3, 0.4) is 0 Å². The van der Waals surface area contributed by atoms with Gasteiger partial charge in [-0.15, -0.1) is 0 Å². The topological polar surface area (TPSA) is 52.7 Å². The van der Waals surface area contributed by atoms with Crippen LogP contribution in [-0.2, 0) is 16.0 Å². The van der Waals surface area contributed by atoms with Gasteiger partial charge in [-0.3, -0.25) is 9.59 Å². The summed E-state index contributed by atoms with van der Waals surface area (Å²) in [6.45, 7) is 6.83. The van der Waals surface area contributed by atoms with E-state index >= 15 is 0 Å². The summed E-state index contributed by atoms with van der Waals surface area (Å²) in [6, 6.07) is 8.12. The number of hydrogen-bond donors (Lipinski definition) is 1. The number of nitrogens with zero attached hydrogens (tertiary/aromatic N) is 2. The SMILES string of the molecule is Cc1ccc(CC(=O)N2CCN(C(=O)CCC3CCNC3)CC2)cc1. The molecule has 5 heteroatoms. The van der Waals surface area contributed by atoms with Crippen molar-refractivity contribution in [1.29, 1.82) is 0 Å². The fourth-order valence-corrected chi connectivity index (χ4v) is 3.64. The van der Waals surface area contributed by atoms with Gasteiger partial charge in [0.15, 0.2) is 0 Å². The molecule has 2 saturated heterocycles. The van der Waals surface area contributed by atoms with Crippen molar-refractivity contribution in [3.8, 4) is 0 Å². The van der Waals surface area contributed by atoms with Gasteiger partial charge >= 0.3 is 0 Å². The van der Waals surface area contributed by atoms with Crippen molar-refractivity contribution in [1.82, 2.24) is 15.1 Å². The number of nitrogens with one attached hydrogen (secondary N) is 1. The van der Waals surface area contributed by atoms with Crippen LogP contribution in [-0.4, -0.2) is 60.9 Å². The molecule has 3 rings (SSSR count). The molecule has 2 heterocycles. The van der Waals surface area contributed by atoms with Crippen LogP contribution in [0.25, 0.3) is 0 Å². The second-order valence-electron chi connectivity index (χ2n) is 7.32. The number of carbonyl (C=O) groups excluding carboxylic acids is 2. The van der Waals surface area contributed by atoms with Crippen molar-refractivity contribution in [3.05, 3.63) is 35.4 Å². The Balaban J connectivity index is 1.40. The molecule has 1 unspecified atom stereocenters. The molecule has 2 amide bonds. The normalized spacial score (nSPS) is 20.8. The molecule has 25 heavy (non-hydrogen) atoms. The van der Waals surface area contributed by atoms with Crippen LogP contribution >= 0.6 is 0 Å². The van der Waals surface area contributed by atoms with E-state index in [1.54, 1.807) is 0 Å². The quantitative estimate of drug-likeness (QED) is 0.883. The van der Waals surface area contributed by atoms with Crippen LogP contribution < -0.4 is 5.32 Å². The third-order valence-corrected chi connectivity index (χ3v) is 5.39.